The van der Waals surface area contributed by atoms with E-state index in [1.54, 1.807) is 6.20 Å². The molecule has 1 atom stereocenters. The van der Waals surface area contributed by atoms with Crippen molar-refractivity contribution in [1.29, 1.82) is 0 Å². The molecule has 4 rings (SSSR count). The van der Waals surface area contributed by atoms with Crippen molar-refractivity contribution in [2.75, 3.05) is 24.6 Å². The van der Waals surface area contributed by atoms with Crippen molar-refractivity contribution in [3.63, 3.8) is 0 Å². The van der Waals surface area contributed by atoms with E-state index in [-0.39, 0.29) is 12.1 Å². The number of nitrogens with one attached hydrogen (secondary N) is 1. The Balaban J connectivity index is 1.32. The average Bonchev–Trinajstić information content (AvgIpc) is 3.56. The molecule has 28 heavy (non-hydrogen) atoms. The lowest BCUT2D eigenvalue weighted by molar-refractivity contribution is 0.0529. The van der Waals surface area contributed by atoms with Gasteiger partial charge in [0.25, 0.3) is 0 Å². The van der Waals surface area contributed by atoms with Crippen LogP contribution in [-0.2, 0) is 17.8 Å². The third-order valence-electron chi connectivity index (χ3n) is 5.12. The summed E-state index contributed by atoms with van der Waals surface area (Å²) in [6, 6.07) is 10.1. The molecule has 148 valence electrons. The number of ether oxygens (including phenoxy) is 1. The first kappa shape index (κ1) is 18.7. The third-order valence-corrected chi connectivity index (χ3v) is 5.12. The van der Waals surface area contributed by atoms with Gasteiger partial charge in [-0.3, -0.25) is 4.98 Å². The minimum atomic E-state index is -0.0424. The Morgan fingerprint density at radius 3 is 2.86 bits per heavy atom. The van der Waals surface area contributed by atoms with Crippen LogP contribution in [0.1, 0.15) is 31.0 Å². The summed E-state index contributed by atoms with van der Waals surface area (Å²) < 4.78 is 5.58. The Hall–Kier alpha value is -2.67. The first-order valence-electron chi connectivity index (χ1n) is 9.95. The maximum absolute atomic E-state index is 12.7. The van der Waals surface area contributed by atoms with Gasteiger partial charge in [0.05, 0.1) is 24.9 Å². The highest BCUT2D eigenvalue weighted by atomic mass is 16.5. The zero-order valence-electron chi connectivity index (χ0n) is 16.3. The molecule has 7 heteroatoms. The van der Waals surface area contributed by atoms with Crippen molar-refractivity contribution in [3.8, 4) is 0 Å². The van der Waals surface area contributed by atoms with E-state index in [0.717, 1.165) is 49.6 Å². The molecule has 1 N–H and O–H groups in total. The minimum Gasteiger partial charge on any atom is -0.375 e. The number of pyridine rings is 2. The SMILES string of the molecule is C[C@@H]1CN(c2ccc(CNC(=O)N(Cc3ccccn3)C3CC3)cn2)CCO1. The molecule has 1 aliphatic heterocycles. The molecular weight excluding hydrogens is 354 g/mol. The molecule has 0 unspecified atom stereocenters. The lowest BCUT2D eigenvalue weighted by Crippen LogP contribution is -2.41. The van der Waals surface area contributed by atoms with Gasteiger partial charge in [0.2, 0.25) is 0 Å². The molecule has 0 radical (unpaired) electrons. The van der Waals surface area contributed by atoms with Crippen LogP contribution < -0.4 is 10.2 Å². The van der Waals surface area contributed by atoms with Gasteiger partial charge in [-0.25, -0.2) is 9.78 Å². The fourth-order valence-electron chi connectivity index (χ4n) is 3.43. The summed E-state index contributed by atoms with van der Waals surface area (Å²) in [4.78, 5) is 25.7. The normalized spacial score (nSPS) is 19.3. The number of hydrogen-bond acceptors (Lipinski definition) is 5. The van der Waals surface area contributed by atoms with Gasteiger partial charge in [-0.05, 0) is 43.5 Å². The Morgan fingerprint density at radius 2 is 2.18 bits per heavy atom. The molecule has 2 aromatic heterocycles. The Labute approximate surface area is 165 Å². The van der Waals surface area contributed by atoms with Crippen molar-refractivity contribution >= 4 is 11.8 Å². The van der Waals surface area contributed by atoms with E-state index in [0.29, 0.717) is 19.1 Å². The maximum atomic E-state index is 12.7. The molecule has 3 heterocycles. The second kappa shape index (κ2) is 8.56. The van der Waals surface area contributed by atoms with E-state index in [1.165, 1.54) is 0 Å². The number of amides is 2. The van der Waals surface area contributed by atoms with Crippen molar-refractivity contribution in [3.05, 3.63) is 54.0 Å². The van der Waals surface area contributed by atoms with Crippen molar-refractivity contribution in [1.82, 2.24) is 20.2 Å². The molecule has 0 aromatic carbocycles. The van der Waals surface area contributed by atoms with Crippen LogP contribution in [0.3, 0.4) is 0 Å². The summed E-state index contributed by atoms with van der Waals surface area (Å²) in [5.74, 6) is 0.958. The van der Waals surface area contributed by atoms with Gasteiger partial charge in [-0.15, -0.1) is 0 Å². The third kappa shape index (κ3) is 4.78. The van der Waals surface area contributed by atoms with Crippen LogP contribution in [0.25, 0.3) is 0 Å². The van der Waals surface area contributed by atoms with Gasteiger partial charge in [0, 0.05) is 38.1 Å². The largest absolute Gasteiger partial charge is 0.375 e. The highest BCUT2D eigenvalue weighted by Gasteiger charge is 2.32. The van der Waals surface area contributed by atoms with Gasteiger partial charge < -0.3 is 19.9 Å². The zero-order chi connectivity index (χ0) is 19.3. The molecule has 1 saturated heterocycles. The molecule has 2 amide bonds. The standard InChI is InChI=1S/C21H27N5O2/c1-16-14-25(10-11-28-16)20-8-5-17(12-23-20)13-24-21(27)26(19-6-7-19)15-18-4-2-3-9-22-18/h2-5,8-9,12,16,19H,6-7,10-11,13-15H2,1H3,(H,24,27)/t16-/m1/s1. The van der Waals surface area contributed by atoms with Crippen LogP contribution in [0.15, 0.2) is 42.7 Å². The molecule has 1 saturated carbocycles. The first-order chi connectivity index (χ1) is 13.7. The second-order valence-electron chi connectivity index (χ2n) is 7.49. The highest BCUT2D eigenvalue weighted by Crippen LogP contribution is 2.28. The molecule has 1 aliphatic carbocycles. The number of aromatic nitrogens is 2. The molecular formula is C21H27N5O2. The van der Waals surface area contributed by atoms with E-state index >= 15 is 0 Å². The molecule has 0 spiro atoms. The van der Waals surface area contributed by atoms with Crippen molar-refractivity contribution < 1.29 is 9.53 Å². The van der Waals surface area contributed by atoms with E-state index in [4.69, 9.17) is 4.74 Å². The van der Waals surface area contributed by atoms with Crippen molar-refractivity contribution in [2.45, 2.75) is 45.0 Å². The fraction of sp³-hybridized carbons (Fsp3) is 0.476. The summed E-state index contributed by atoms with van der Waals surface area (Å²) in [6.45, 7) is 5.53. The smallest absolute Gasteiger partial charge is 0.318 e. The molecule has 2 fully saturated rings. The number of rotatable bonds is 6. The van der Waals surface area contributed by atoms with E-state index < -0.39 is 0 Å². The number of carbonyl (C=O) groups is 1. The summed E-state index contributed by atoms with van der Waals surface area (Å²) in [7, 11) is 0. The minimum absolute atomic E-state index is 0.0424. The Kier molecular flexibility index (Phi) is 5.71. The number of urea groups is 1. The number of morpholine rings is 1. The number of carbonyl (C=O) groups excluding carboxylic acids is 1. The predicted octanol–water partition coefficient (Wildman–Crippen LogP) is 2.58. The van der Waals surface area contributed by atoms with Gasteiger partial charge in [-0.1, -0.05) is 12.1 Å². The predicted molar refractivity (Wildman–Crippen MR) is 107 cm³/mol. The maximum Gasteiger partial charge on any atom is 0.318 e. The van der Waals surface area contributed by atoms with Gasteiger partial charge >= 0.3 is 6.03 Å². The number of hydrogen-bond donors (Lipinski definition) is 1. The molecule has 7 nitrogen and oxygen atoms in total. The molecule has 2 aliphatic rings. The second-order valence-corrected chi connectivity index (χ2v) is 7.49. The van der Waals surface area contributed by atoms with Crippen LogP contribution >= 0.6 is 0 Å². The fourth-order valence-corrected chi connectivity index (χ4v) is 3.43. The summed E-state index contributed by atoms with van der Waals surface area (Å²) >= 11 is 0. The summed E-state index contributed by atoms with van der Waals surface area (Å²) in [5.41, 5.74) is 1.90. The van der Waals surface area contributed by atoms with Crippen LogP contribution in [0.4, 0.5) is 10.6 Å². The summed E-state index contributed by atoms with van der Waals surface area (Å²) in [6.07, 6.45) is 5.96. The van der Waals surface area contributed by atoms with Gasteiger partial charge in [0.1, 0.15) is 5.82 Å². The number of anilines is 1. The monoisotopic (exact) mass is 381 g/mol. The van der Waals surface area contributed by atoms with Crippen LogP contribution in [-0.4, -0.2) is 52.7 Å². The Morgan fingerprint density at radius 1 is 1.29 bits per heavy atom. The first-order valence-corrected chi connectivity index (χ1v) is 9.95. The topological polar surface area (TPSA) is 70.6 Å². The molecule has 2 aromatic rings. The molecule has 0 bridgehead atoms. The van der Waals surface area contributed by atoms with Gasteiger partial charge in [-0.2, -0.15) is 0 Å². The van der Waals surface area contributed by atoms with Crippen LogP contribution in [0.5, 0.6) is 0 Å². The van der Waals surface area contributed by atoms with E-state index in [9.17, 15) is 4.79 Å². The highest BCUT2D eigenvalue weighted by molar-refractivity contribution is 5.74. The number of nitrogens with zero attached hydrogens (tertiary/aromatic N) is 4. The van der Waals surface area contributed by atoms with E-state index in [1.807, 2.05) is 41.4 Å². The summed E-state index contributed by atoms with van der Waals surface area (Å²) in [5, 5.41) is 3.03. The van der Waals surface area contributed by atoms with Crippen molar-refractivity contribution in [2.24, 2.45) is 0 Å². The zero-order valence-corrected chi connectivity index (χ0v) is 16.3. The van der Waals surface area contributed by atoms with Crippen LogP contribution in [0, 0.1) is 0 Å². The van der Waals surface area contributed by atoms with E-state index in [2.05, 4.69) is 27.1 Å². The Bertz CT molecular complexity index is 779. The lowest BCUT2D eigenvalue weighted by atomic mass is 10.2. The van der Waals surface area contributed by atoms with Crippen LogP contribution in [0.2, 0.25) is 0 Å². The lowest BCUT2D eigenvalue weighted by Gasteiger charge is -2.32. The quantitative estimate of drug-likeness (QED) is 0.833. The average molecular weight is 381 g/mol. The van der Waals surface area contributed by atoms with Gasteiger partial charge in [0.15, 0.2) is 0 Å².